The predicted octanol–water partition coefficient (Wildman–Crippen LogP) is 1.86. The van der Waals surface area contributed by atoms with Crippen molar-refractivity contribution < 1.29 is 27.1 Å². The van der Waals surface area contributed by atoms with Crippen LogP contribution in [0.25, 0.3) is 0 Å². The Morgan fingerprint density at radius 1 is 1.15 bits per heavy atom. The molecule has 0 saturated carbocycles. The van der Waals surface area contributed by atoms with Gasteiger partial charge in [0.15, 0.2) is 0 Å². The van der Waals surface area contributed by atoms with Crippen LogP contribution in [0.15, 0.2) is 29.2 Å². The van der Waals surface area contributed by atoms with Crippen molar-refractivity contribution in [3.8, 4) is 0 Å². The summed E-state index contributed by atoms with van der Waals surface area (Å²) >= 11 is 0. The van der Waals surface area contributed by atoms with Crippen LogP contribution in [-0.4, -0.2) is 38.4 Å². The van der Waals surface area contributed by atoms with E-state index in [-0.39, 0.29) is 22.8 Å². The number of aromatic amines is 1. The largest absolute Gasteiger partial charge is 0.462 e. The lowest BCUT2D eigenvalue weighted by atomic mass is 10.2. The number of benzene rings is 1. The first-order valence-corrected chi connectivity index (χ1v) is 9.55. The Morgan fingerprint density at radius 3 is 2.37 bits per heavy atom. The first-order chi connectivity index (χ1) is 12.7. The molecule has 10 heteroatoms. The summed E-state index contributed by atoms with van der Waals surface area (Å²) in [5, 5.41) is 2.44. The molecule has 0 aliphatic rings. The Morgan fingerprint density at radius 2 is 1.78 bits per heavy atom. The number of H-pyrrole nitrogens is 1. The van der Waals surface area contributed by atoms with Gasteiger partial charge in [-0.2, -0.15) is 0 Å². The molecule has 27 heavy (non-hydrogen) atoms. The number of hydrogen-bond donors (Lipinski definition) is 3. The molecule has 146 valence electrons. The number of carbonyl (C=O) groups is 2. The molecular formula is C17H20FN3O5S. The quantitative estimate of drug-likeness (QED) is 0.617. The van der Waals surface area contributed by atoms with Gasteiger partial charge < -0.3 is 15.0 Å². The van der Waals surface area contributed by atoms with Crippen LogP contribution in [0.1, 0.15) is 28.7 Å². The molecule has 0 aliphatic carbocycles. The zero-order chi connectivity index (χ0) is 20.2. The number of anilines is 1. The van der Waals surface area contributed by atoms with Crippen LogP contribution in [0.2, 0.25) is 0 Å². The van der Waals surface area contributed by atoms with E-state index in [2.05, 4.69) is 15.0 Å². The highest BCUT2D eigenvalue weighted by molar-refractivity contribution is 7.89. The Labute approximate surface area is 156 Å². The van der Waals surface area contributed by atoms with Crippen LogP contribution in [-0.2, 0) is 19.6 Å². The fourth-order valence-corrected chi connectivity index (χ4v) is 3.94. The molecule has 0 fully saturated rings. The van der Waals surface area contributed by atoms with Crippen molar-refractivity contribution in [3.63, 3.8) is 0 Å². The molecule has 3 N–H and O–H groups in total. The SMILES string of the molecule is CCOC(=O)c1c(C)[nH]c(C)c1S(=O)(=O)NCC(=O)Nc1ccc(F)cc1. The number of halogens is 1. The van der Waals surface area contributed by atoms with E-state index in [1.54, 1.807) is 13.8 Å². The number of carbonyl (C=O) groups excluding carboxylic acids is 2. The summed E-state index contributed by atoms with van der Waals surface area (Å²) in [6.07, 6.45) is 0. The Kier molecular flexibility index (Phi) is 6.34. The maximum atomic E-state index is 12.9. The van der Waals surface area contributed by atoms with Gasteiger partial charge in [-0.25, -0.2) is 22.3 Å². The van der Waals surface area contributed by atoms with E-state index in [4.69, 9.17) is 4.74 Å². The highest BCUT2D eigenvalue weighted by Gasteiger charge is 2.30. The van der Waals surface area contributed by atoms with E-state index in [9.17, 15) is 22.4 Å². The molecule has 2 rings (SSSR count). The molecule has 0 radical (unpaired) electrons. The number of amides is 1. The van der Waals surface area contributed by atoms with Gasteiger partial charge in [-0.05, 0) is 45.0 Å². The van der Waals surface area contributed by atoms with Crippen LogP contribution in [0.3, 0.4) is 0 Å². The lowest BCUT2D eigenvalue weighted by molar-refractivity contribution is -0.115. The second kappa shape index (κ2) is 8.31. The number of hydrogen-bond acceptors (Lipinski definition) is 5. The second-order valence-electron chi connectivity index (χ2n) is 5.68. The normalized spacial score (nSPS) is 11.3. The van der Waals surface area contributed by atoms with Gasteiger partial charge in [-0.1, -0.05) is 0 Å². The van der Waals surface area contributed by atoms with Crippen LogP contribution >= 0.6 is 0 Å². The minimum atomic E-state index is -4.16. The van der Waals surface area contributed by atoms with E-state index in [0.717, 1.165) is 12.1 Å². The van der Waals surface area contributed by atoms with Crippen molar-refractivity contribution in [2.24, 2.45) is 0 Å². The molecule has 0 saturated heterocycles. The third-order valence-electron chi connectivity index (χ3n) is 3.62. The van der Waals surface area contributed by atoms with Crippen molar-refractivity contribution in [2.75, 3.05) is 18.5 Å². The third-order valence-corrected chi connectivity index (χ3v) is 5.19. The summed E-state index contributed by atoms with van der Waals surface area (Å²) < 4.78 is 45.2. The first kappa shape index (κ1) is 20.6. The number of rotatable bonds is 7. The molecule has 0 aliphatic heterocycles. The van der Waals surface area contributed by atoms with Gasteiger partial charge in [0.05, 0.1) is 13.2 Å². The summed E-state index contributed by atoms with van der Waals surface area (Å²) in [7, 11) is -4.16. The van der Waals surface area contributed by atoms with Gasteiger partial charge in [0.1, 0.15) is 16.3 Å². The average Bonchev–Trinajstić information content (AvgIpc) is 2.90. The van der Waals surface area contributed by atoms with Gasteiger partial charge in [0.2, 0.25) is 15.9 Å². The summed E-state index contributed by atoms with van der Waals surface area (Å²) in [5.74, 6) is -1.87. The Bertz CT molecular complexity index is 952. The number of aromatic nitrogens is 1. The first-order valence-electron chi connectivity index (χ1n) is 8.07. The van der Waals surface area contributed by atoms with Gasteiger partial charge in [-0.15, -0.1) is 0 Å². The lowest BCUT2D eigenvalue weighted by Crippen LogP contribution is -2.33. The van der Waals surface area contributed by atoms with Crippen LogP contribution in [0.4, 0.5) is 10.1 Å². The minimum Gasteiger partial charge on any atom is -0.462 e. The highest BCUT2D eigenvalue weighted by atomic mass is 32.2. The van der Waals surface area contributed by atoms with Crippen LogP contribution in [0.5, 0.6) is 0 Å². The minimum absolute atomic E-state index is 0.0928. The summed E-state index contributed by atoms with van der Waals surface area (Å²) in [5.41, 5.74) is 0.825. The molecule has 1 heterocycles. The van der Waals surface area contributed by atoms with Gasteiger partial charge >= 0.3 is 5.97 Å². The molecule has 1 amide bonds. The lowest BCUT2D eigenvalue weighted by Gasteiger charge is -2.10. The molecule has 2 aromatic rings. The Balaban J connectivity index is 2.16. The van der Waals surface area contributed by atoms with E-state index < -0.39 is 34.3 Å². The fraction of sp³-hybridized carbons (Fsp3) is 0.294. The van der Waals surface area contributed by atoms with Crippen molar-refractivity contribution in [1.29, 1.82) is 0 Å². The van der Waals surface area contributed by atoms with Gasteiger partial charge in [-0.3, -0.25) is 4.79 Å². The molecule has 0 unspecified atom stereocenters. The summed E-state index contributed by atoms with van der Waals surface area (Å²) in [6, 6.07) is 5.02. The van der Waals surface area contributed by atoms with E-state index in [0.29, 0.717) is 11.4 Å². The Hall–Kier alpha value is -2.72. The second-order valence-corrected chi connectivity index (χ2v) is 7.38. The third kappa shape index (κ3) is 4.92. The maximum absolute atomic E-state index is 12.9. The molecule has 0 atom stereocenters. The molecule has 0 bridgehead atoms. The molecular weight excluding hydrogens is 377 g/mol. The smallest absolute Gasteiger partial charge is 0.341 e. The maximum Gasteiger partial charge on any atom is 0.341 e. The number of ether oxygens (including phenoxy) is 1. The number of nitrogens with one attached hydrogen (secondary N) is 3. The molecule has 1 aromatic heterocycles. The van der Waals surface area contributed by atoms with Crippen molar-refractivity contribution in [1.82, 2.24) is 9.71 Å². The van der Waals surface area contributed by atoms with Crippen LogP contribution < -0.4 is 10.0 Å². The van der Waals surface area contributed by atoms with E-state index in [1.807, 2.05) is 0 Å². The van der Waals surface area contributed by atoms with Gasteiger partial charge in [0.25, 0.3) is 0 Å². The molecule has 1 aromatic carbocycles. The van der Waals surface area contributed by atoms with Crippen molar-refractivity contribution in [2.45, 2.75) is 25.7 Å². The topological polar surface area (TPSA) is 117 Å². The van der Waals surface area contributed by atoms with Crippen molar-refractivity contribution in [3.05, 3.63) is 47.0 Å². The summed E-state index contributed by atoms with van der Waals surface area (Å²) in [4.78, 5) is 26.6. The predicted molar refractivity (Wildman–Crippen MR) is 96.4 cm³/mol. The fourth-order valence-electron chi connectivity index (χ4n) is 2.51. The van der Waals surface area contributed by atoms with Crippen molar-refractivity contribution >= 4 is 27.6 Å². The zero-order valence-electron chi connectivity index (χ0n) is 15.1. The number of sulfonamides is 1. The standard InChI is InChI=1S/C17H20FN3O5S/c1-4-26-17(23)15-10(2)20-11(3)16(15)27(24,25)19-9-14(22)21-13-7-5-12(18)6-8-13/h5-8,19-20H,4,9H2,1-3H3,(H,21,22). The summed E-state index contributed by atoms with van der Waals surface area (Å²) in [6.45, 7) is 4.20. The zero-order valence-corrected chi connectivity index (χ0v) is 15.9. The van der Waals surface area contributed by atoms with Crippen LogP contribution in [0, 0.1) is 19.7 Å². The monoisotopic (exact) mass is 397 g/mol. The highest BCUT2D eigenvalue weighted by Crippen LogP contribution is 2.24. The molecule has 0 spiro atoms. The van der Waals surface area contributed by atoms with E-state index in [1.165, 1.54) is 19.1 Å². The molecule has 8 nitrogen and oxygen atoms in total. The average molecular weight is 397 g/mol. The number of esters is 1. The van der Waals surface area contributed by atoms with Gasteiger partial charge in [0, 0.05) is 17.1 Å². The van der Waals surface area contributed by atoms with E-state index >= 15 is 0 Å². The number of aryl methyl sites for hydroxylation is 2.